The summed E-state index contributed by atoms with van der Waals surface area (Å²) in [6, 6.07) is 7.61. The van der Waals surface area contributed by atoms with E-state index >= 15 is 0 Å². The average Bonchev–Trinajstić information content (AvgIpc) is 2.30. The first-order chi connectivity index (χ1) is 8.08. The van der Waals surface area contributed by atoms with E-state index in [2.05, 4.69) is 25.2 Å². The summed E-state index contributed by atoms with van der Waals surface area (Å²) in [7, 11) is 1.67. The van der Waals surface area contributed by atoms with E-state index in [0.717, 1.165) is 5.69 Å². The Labute approximate surface area is 102 Å². The van der Waals surface area contributed by atoms with Gasteiger partial charge in [0.2, 0.25) is 0 Å². The zero-order valence-corrected chi connectivity index (χ0v) is 10.5. The number of nitriles is 1. The maximum Gasteiger partial charge on any atom is 0.101 e. The first kappa shape index (κ1) is 13.3. The van der Waals surface area contributed by atoms with Gasteiger partial charge in [-0.25, -0.2) is 0 Å². The molecule has 0 radical (unpaired) electrons. The van der Waals surface area contributed by atoms with Crippen LogP contribution in [0.3, 0.4) is 0 Å². The van der Waals surface area contributed by atoms with Gasteiger partial charge in [0.05, 0.1) is 23.9 Å². The Hall–Kier alpha value is -1.73. The molecule has 3 N–H and O–H groups in total. The van der Waals surface area contributed by atoms with E-state index in [1.54, 1.807) is 19.2 Å². The summed E-state index contributed by atoms with van der Waals surface area (Å²) < 4.78 is 5.16. The van der Waals surface area contributed by atoms with Crippen molar-refractivity contribution in [1.82, 2.24) is 0 Å². The van der Waals surface area contributed by atoms with Crippen molar-refractivity contribution in [3.63, 3.8) is 0 Å². The molecule has 1 aromatic carbocycles. The third-order valence-electron chi connectivity index (χ3n) is 2.66. The fourth-order valence-electron chi connectivity index (χ4n) is 1.56. The normalized spacial score (nSPS) is 12.2. The Morgan fingerprint density at radius 2 is 2.18 bits per heavy atom. The minimum absolute atomic E-state index is 0.177. The van der Waals surface area contributed by atoms with Crippen LogP contribution < -0.4 is 11.1 Å². The van der Waals surface area contributed by atoms with Gasteiger partial charge in [0, 0.05) is 12.8 Å². The summed E-state index contributed by atoms with van der Waals surface area (Å²) in [5.41, 5.74) is 7.61. The molecule has 17 heavy (non-hydrogen) atoms. The third-order valence-corrected chi connectivity index (χ3v) is 2.66. The number of nitrogens with one attached hydrogen (secondary N) is 1. The number of hydrogen-bond acceptors (Lipinski definition) is 4. The van der Waals surface area contributed by atoms with E-state index in [-0.39, 0.29) is 6.04 Å². The second kappa shape index (κ2) is 6.12. The van der Waals surface area contributed by atoms with Crippen molar-refractivity contribution in [2.75, 3.05) is 24.8 Å². The molecule has 92 valence electrons. The predicted molar refractivity (Wildman–Crippen MR) is 69.7 cm³/mol. The molecule has 0 amide bonds. The van der Waals surface area contributed by atoms with E-state index in [9.17, 15) is 0 Å². The SMILES string of the molecule is COCC(Nc1ccc(N)cc1C#N)C(C)C. The number of benzene rings is 1. The molecule has 1 aromatic rings. The molecule has 0 aliphatic heterocycles. The van der Waals surface area contributed by atoms with Gasteiger partial charge in [0.25, 0.3) is 0 Å². The molecule has 1 rings (SSSR count). The number of rotatable bonds is 5. The van der Waals surface area contributed by atoms with Crippen molar-refractivity contribution in [2.45, 2.75) is 19.9 Å². The van der Waals surface area contributed by atoms with Crippen LogP contribution in [0.25, 0.3) is 0 Å². The highest BCUT2D eigenvalue weighted by atomic mass is 16.5. The minimum Gasteiger partial charge on any atom is -0.399 e. The van der Waals surface area contributed by atoms with Gasteiger partial charge in [-0.05, 0) is 24.1 Å². The maximum absolute atomic E-state index is 9.05. The summed E-state index contributed by atoms with van der Waals surface area (Å²) in [6.07, 6.45) is 0. The first-order valence-electron chi connectivity index (χ1n) is 5.63. The van der Waals surface area contributed by atoms with Crippen molar-refractivity contribution in [3.8, 4) is 6.07 Å². The molecule has 0 bridgehead atoms. The van der Waals surface area contributed by atoms with Crippen LogP contribution in [0.5, 0.6) is 0 Å². The van der Waals surface area contributed by atoms with Crippen molar-refractivity contribution >= 4 is 11.4 Å². The summed E-state index contributed by atoms with van der Waals surface area (Å²) in [4.78, 5) is 0. The van der Waals surface area contributed by atoms with Crippen LogP contribution in [0, 0.1) is 17.2 Å². The maximum atomic E-state index is 9.05. The van der Waals surface area contributed by atoms with Crippen LogP contribution in [-0.2, 0) is 4.74 Å². The highest BCUT2D eigenvalue weighted by Gasteiger charge is 2.14. The van der Waals surface area contributed by atoms with Crippen LogP contribution in [-0.4, -0.2) is 19.8 Å². The lowest BCUT2D eigenvalue weighted by Crippen LogP contribution is -2.30. The smallest absolute Gasteiger partial charge is 0.101 e. The molecule has 4 nitrogen and oxygen atoms in total. The van der Waals surface area contributed by atoms with Crippen LogP contribution in [0.1, 0.15) is 19.4 Å². The highest BCUT2D eigenvalue weighted by molar-refractivity contribution is 5.63. The Kier molecular flexibility index (Phi) is 4.80. The Balaban J connectivity index is 2.89. The van der Waals surface area contributed by atoms with Crippen molar-refractivity contribution in [1.29, 1.82) is 5.26 Å². The number of nitrogens with two attached hydrogens (primary N) is 1. The van der Waals surface area contributed by atoms with Gasteiger partial charge in [-0.3, -0.25) is 0 Å². The van der Waals surface area contributed by atoms with Crippen LogP contribution in [0.15, 0.2) is 18.2 Å². The predicted octanol–water partition coefficient (Wildman–Crippen LogP) is 2.22. The fourth-order valence-corrected chi connectivity index (χ4v) is 1.56. The monoisotopic (exact) mass is 233 g/mol. The summed E-state index contributed by atoms with van der Waals surface area (Å²) in [6.45, 7) is 4.83. The average molecular weight is 233 g/mol. The molecule has 0 aromatic heterocycles. The highest BCUT2D eigenvalue weighted by Crippen LogP contribution is 2.20. The molecule has 0 fully saturated rings. The van der Waals surface area contributed by atoms with Gasteiger partial charge < -0.3 is 15.8 Å². The Morgan fingerprint density at radius 1 is 1.47 bits per heavy atom. The summed E-state index contributed by atoms with van der Waals surface area (Å²) >= 11 is 0. The molecule has 0 saturated carbocycles. The van der Waals surface area contributed by atoms with Crippen molar-refractivity contribution in [2.24, 2.45) is 5.92 Å². The van der Waals surface area contributed by atoms with Gasteiger partial charge in [-0.2, -0.15) is 5.26 Å². The minimum atomic E-state index is 0.177. The topological polar surface area (TPSA) is 71.1 Å². The van der Waals surface area contributed by atoms with Crippen LogP contribution in [0.4, 0.5) is 11.4 Å². The lowest BCUT2D eigenvalue weighted by Gasteiger charge is -2.23. The largest absolute Gasteiger partial charge is 0.399 e. The fraction of sp³-hybridized carbons (Fsp3) is 0.462. The van der Waals surface area contributed by atoms with E-state index in [0.29, 0.717) is 23.8 Å². The lowest BCUT2D eigenvalue weighted by molar-refractivity contribution is 0.171. The molecule has 1 atom stereocenters. The van der Waals surface area contributed by atoms with Gasteiger partial charge in [-0.1, -0.05) is 13.8 Å². The molecule has 0 aliphatic rings. The second-order valence-electron chi connectivity index (χ2n) is 4.37. The molecular weight excluding hydrogens is 214 g/mol. The molecular formula is C13H19N3O. The third kappa shape index (κ3) is 3.65. The molecule has 4 heteroatoms. The van der Waals surface area contributed by atoms with Gasteiger partial charge >= 0.3 is 0 Å². The number of methoxy groups -OCH3 is 1. The number of anilines is 2. The van der Waals surface area contributed by atoms with Gasteiger partial charge in [0.15, 0.2) is 0 Å². The Bertz CT molecular complexity index is 410. The Morgan fingerprint density at radius 3 is 2.71 bits per heavy atom. The zero-order valence-electron chi connectivity index (χ0n) is 10.5. The molecule has 1 unspecified atom stereocenters. The second-order valence-corrected chi connectivity index (χ2v) is 4.37. The van der Waals surface area contributed by atoms with Gasteiger partial charge in [0.1, 0.15) is 6.07 Å². The van der Waals surface area contributed by atoms with E-state index in [1.807, 2.05) is 6.07 Å². The molecule has 0 saturated heterocycles. The summed E-state index contributed by atoms with van der Waals surface area (Å²) in [5.74, 6) is 0.416. The number of nitrogens with zero attached hydrogens (tertiary/aromatic N) is 1. The quantitative estimate of drug-likeness (QED) is 0.765. The molecule has 0 heterocycles. The molecule has 0 spiro atoms. The lowest BCUT2D eigenvalue weighted by atomic mass is 10.0. The van der Waals surface area contributed by atoms with E-state index in [4.69, 9.17) is 15.7 Å². The standard InChI is InChI=1S/C13H19N3O/c1-9(2)13(8-17-3)16-12-5-4-11(15)6-10(12)7-14/h4-6,9,13,16H,8,15H2,1-3H3. The summed E-state index contributed by atoms with van der Waals surface area (Å²) in [5, 5.41) is 12.4. The molecule has 0 aliphatic carbocycles. The van der Waals surface area contributed by atoms with Crippen LogP contribution >= 0.6 is 0 Å². The number of ether oxygens (including phenoxy) is 1. The number of hydrogen-bond donors (Lipinski definition) is 2. The first-order valence-corrected chi connectivity index (χ1v) is 5.63. The van der Waals surface area contributed by atoms with E-state index in [1.165, 1.54) is 0 Å². The number of nitrogen functional groups attached to an aromatic ring is 1. The van der Waals surface area contributed by atoms with Gasteiger partial charge in [-0.15, -0.1) is 0 Å². The zero-order chi connectivity index (χ0) is 12.8. The van der Waals surface area contributed by atoms with Crippen molar-refractivity contribution in [3.05, 3.63) is 23.8 Å². The van der Waals surface area contributed by atoms with Crippen molar-refractivity contribution < 1.29 is 4.74 Å². The van der Waals surface area contributed by atoms with Crippen LogP contribution in [0.2, 0.25) is 0 Å². The van der Waals surface area contributed by atoms with E-state index < -0.39 is 0 Å².